The number of aromatic hydroxyl groups is 1. The van der Waals surface area contributed by atoms with Crippen molar-refractivity contribution in [2.24, 2.45) is 5.73 Å². The molecule has 0 saturated carbocycles. The van der Waals surface area contributed by atoms with E-state index in [1.165, 1.54) is 12.1 Å². The van der Waals surface area contributed by atoms with E-state index >= 15 is 0 Å². The molecule has 0 bridgehead atoms. The normalized spacial score (nSPS) is 24.1. The summed E-state index contributed by atoms with van der Waals surface area (Å²) in [6.45, 7) is 2.67. The lowest BCUT2D eigenvalue weighted by Crippen LogP contribution is -2.48. The lowest BCUT2D eigenvalue weighted by Gasteiger charge is -2.36. The minimum Gasteiger partial charge on any atom is -0.506 e. The first-order valence-corrected chi connectivity index (χ1v) is 6.42. The van der Waals surface area contributed by atoms with Crippen LogP contribution in [0.5, 0.6) is 5.75 Å². The molecule has 1 aliphatic heterocycles. The second-order valence-electron chi connectivity index (χ2n) is 4.80. The molecular formula is C13H17ClN2O2. The molecule has 1 fully saturated rings. The third-order valence-electron chi connectivity index (χ3n) is 3.37. The van der Waals surface area contributed by atoms with Crippen molar-refractivity contribution >= 4 is 17.5 Å². The summed E-state index contributed by atoms with van der Waals surface area (Å²) >= 11 is 5.82. The van der Waals surface area contributed by atoms with E-state index < -0.39 is 0 Å². The van der Waals surface area contributed by atoms with Crippen LogP contribution in [0.2, 0.25) is 5.02 Å². The van der Waals surface area contributed by atoms with Crippen molar-refractivity contribution in [3.05, 3.63) is 28.8 Å². The predicted molar refractivity (Wildman–Crippen MR) is 70.8 cm³/mol. The van der Waals surface area contributed by atoms with E-state index in [1.54, 1.807) is 6.07 Å². The molecule has 1 aliphatic rings. The summed E-state index contributed by atoms with van der Waals surface area (Å²) < 4.78 is 0. The summed E-state index contributed by atoms with van der Waals surface area (Å²) in [5.74, 6) is -0.0711. The Bertz CT molecular complexity index is 464. The van der Waals surface area contributed by atoms with E-state index in [9.17, 15) is 9.90 Å². The van der Waals surface area contributed by atoms with E-state index in [2.05, 4.69) is 0 Å². The number of benzene rings is 1. The summed E-state index contributed by atoms with van der Waals surface area (Å²) in [7, 11) is 0. The van der Waals surface area contributed by atoms with Gasteiger partial charge < -0.3 is 15.7 Å². The summed E-state index contributed by atoms with van der Waals surface area (Å²) in [6.07, 6.45) is 1.64. The molecule has 2 atom stereocenters. The van der Waals surface area contributed by atoms with Gasteiger partial charge in [0.1, 0.15) is 5.75 Å². The lowest BCUT2D eigenvalue weighted by atomic mass is 9.98. The van der Waals surface area contributed by atoms with Gasteiger partial charge >= 0.3 is 0 Å². The monoisotopic (exact) mass is 268 g/mol. The van der Waals surface area contributed by atoms with Gasteiger partial charge in [0.15, 0.2) is 0 Å². The van der Waals surface area contributed by atoms with Crippen molar-refractivity contribution < 1.29 is 9.90 Å². The van der Waals surface area contributed by atoms with Gasteiger partial charge in [-0.25, -0.2) is 0 Å². The molecule has 0 aromatic heterocycles. The van der Waals surface area contributed by atoms with E-state index in [4.69, 9.17) is 17.3 Å². The highest BCUT2D eigenvalue weighted by atomic mass is 35.5. The number of phenolic OH excluding ortho intramolecular Hbond substituents is 1. The van der Waals surface area contributed by atoms with Crippen LogP contribution in [0.1, 0.15) is 30.1 Å². The molecule has 2 unspecified atom stereocenters. The summed E-state index contributed by atoms with van der Waals surface area (Å²) in [5.41, 5.74) is 6.38. The number of amides is 1. The maximum Gasteiger partial charge on any atom is 0.254 e. The zero-order valence-electron chi connectivity index (χ0n) is 10.3. The van der Waals surface area contributed by atoms with Crippen LogP contribution in [0, 0.1) is 0 Å². The van der Waals surface area contributed by atoms with Crippen LogP contribution in [-0.2, 0) is 0 Å². The fraction of sp³-hybridized carbons (Fsp3) is 0.462. The number of rotatable bonds is 1. The van der Waals surface area contributed by atoms with Crippen LogP contribution in [0.3, 0.4) is 0 Å². The third-order valence-corrected chi connectivity index (χ3v) is 3.67. The molecule has 1 aromatic rings. The topological polar surface area (TPSA) is 66.6 Å². The molecule has 5 heteroatoms. The molecular weight excluding hydrogens is 252 g/mol. The fourth-order valence-corrected chi connectivity index (χ4v) is 2.50. The minimum absolute atomic E-state index is 0.0121. The molecule has 0 spiro atoms. The fourth-order valence-electron chi connectivity index (χ4n) is 2.32. The van der Waals surface area contributed by atoms with Gasteiger partial charge in [-0.05, 0) is 38.0 Å². The van der Waals surface area contributed by atoms with Crippen LogP contribution in [0.25, 0.3) is 0 Å². The molecule has 3 N–H and O–H groups in total. The Kier molecular flexibility index (Phi) is 3.78. The maximum atomic E-state index is 12.3. The molecule has 2 rings (SSSR count). The smallest absolute Gasteiger partial charge is 0.254 e. The maximum absolute atomic E-state index is 12.3. The van der Waals surface area contributed by atoms with Gasteiger partial charge in [-0.1, -0.05) is 11.6 Å². The average molecular weight is 269 g/mol. The number of piperidine rings is 1. The second-order valence-corrected chi connectivity index (χ2v) is 5.21. The van der Waals surface area contributed by atoms with Gasteiger partial charge in [-0.3, -0.25) is 4.79 Å². The van der Waals surface area contributed by atoms with Crippen molar-refractivity contribution in [1.29, 1.82) is 0 Å². The average Bonchev–Trinajstić information content (AvgIpc) is 2.32. The van der Waals surface area contributed by atoms with E-state index in [0.29, 0.717) is 12.1 Å². The molecule has 1 heterocycles. The van der Waals surface area contributed by atoms with Gasteiger partial charge in [0, 0.05) is 24.2 Å². The van der Waals surface area contributed by atoms with Gasteiger partial charge in [0.25, 0.3) is 5.91 Å². The summed E-state index contributed by atoms with van der Waals surface area (Å²) in [5, 5.41) is 9.55. The molecule has 1 aromatic carbocycles. The van der Waals surface area contributed by atoms with Crippen molar-refractivity contribution in [2.45, 2.75) is 31.8 Å². The van der Waals surface area contributed by atoms with E-state index in [0.717, 1.165) is 12.8 Å². The van der Waals surface area contributed by atoms with Crippen LogP contribution < -0.4 is 5.73 Å². The predicted octanol–water partition coefficient (Wildman–Crippen LogP) is 2.00. The summed E-state index contributed by atoms with van der Waals surface area (Å²) in [4.78, 5) is 14.1. The van der Waals surface area contributed by atoms with Gasteiger partial charge in [-0.15, -0.1) is 0 Å². The van der Waals surface area contributed by atoms with Crippen molar-refractivity contribution in [3.8, 4) is 5.75 Å². The Balaban J connectivity index is 2.18. The Morgan fingerprint density at radius 1 is 1.56 bits per heavy atom. The second kappa shape index (κ2) is 5.16. The minimum atomic E-state index is -0.0590. The van der Waals surface area contributed by atoms with Crippen LogP contribution in [-0.4, -0.2) is 34.5 Å². The Morgan fingerprint density at radius 2 is 2.28 bits per heavy atom. The highest BCUT2D eigenvalue weighted by Gasteiger charge is 2.27. The Labute approximate surface area is 111 Å². The van der Waals surface area contributed by atoms with Gasteiger partial charge in [-0.2, -0.15) is 0 Å². The highest BCUT2D eigenvalue weighted by molar-refractivity contribution is 6.32. The molecule has 1 saturated heterocycles. The molecule has 0 radical (unpaired) electrons. The zero-order valence-corrected chi connectivity index (χ0v) is 11.0. The van der Waals surface area contributed by atoms with Crippen LogP contribution >= 0.6 is 11.6 Å². The number of carbonyl (C=O) groups excluding carboxylic acids is 1. The van der Waals surface area contributed by atoms with E-state index in [-0.39, 0.29) is 28.8 Å². The number of hydrogen-bond acceptors (Lipinski definition) is 3. The van der Waals surface area contributed by atoms with Crippen molar-refractivity contribution in [1.82, 2.24) is 4.90 Å². The van der Waals surface area contributed by atoms with Crippen molar-refractivity contribution in [3.63, 3.8) is 0 Å². The Hall–Kier alpha value is -1.26. The number of halogens is 1. The third kappa shape index (κ3) is 2.60. The highest BCUT2D eigenvalue weighted by Crippen LogP contribution is 2.26. The molecule has 98 valence electrons. The Morgan fingerprint density at radius 3 is 2.89 bits per heavy atom. The quantitative estimate of drug-likeness (QED) is 0.819. The lowest BCUT2D eigenvalue weighted by molar-refractivity contribution is 0.0619. The number of likely N-dealkylation sites (tertiary alicyclic amines) is 1. The molecule has 0 aliphatic carbocycles. The first kappa shape index (κ1) is 13.2. The number of phenols is 1. The molecule has 18 heavy (non-hydrogen) atoms. The van der Waals surface area contributed by atoms with Crippen LogP contribution in [0.4, 0.5) is 0 Å². The number of hydrogen-bond donors (Lipinski definition) is 2. The zero-order chi connectivity index (χ0) is 13.3. The number of nitrogens with two attached hydrogens (primary N) is 1. The first-order chi connectivity index (χ1) is 8.49. The van der Waals surface area contributed by atoms with Gasteiger partial charge in [0.05, 0.1) is 5.02 Å². The standard InChI is InChI=1S/C13H17ClN2O2/c1-8-6-10(15)4-5-16(8)13(18)9-2-3-12(17)11(14)7-9/h2-3,7-8,10,17H,4-6,15H2,1H3. The first-order valence-electron chi connectivity index (χ1n) is 6.04. The van der Waals surface area contributed by atoms with Crippen LogP contribution in [0.15, 0.2) is 18.2 Å². The SMILES string of the molecule is CC1CC(N)CCN1C(=O)c1ccc(O)c(Cl)c1. The number of nitrogens with zero attached hydrogens (tertiary/aromatic N) is 1. The molecule has 1 amide bonds. The molecule has 4 nitrogen and oxygen atoms in total. The largest absolute Gasteiger partial charge is 0.506 e. The number of carbonyl (C=O) groups is 1. The van der Waals surface area contributed by atoms with Gasteiger partial charge in [0.2, 0.25) is 0 Å². The van der Waals surface area contributed by atoms with Crippen molar-refractivity contribution in [2.75, 3.05) is 6.54 Å². The summed E-state index contributed by atoms with van der Waals surface area (Å²) in [6, 6.07) is 4.84. The van der Waals surface area contributed by atoms with E-state index in [1.807, 2.05) is 11.8 Å².